The first-order valence-corrected chi connectivity index (χ1v) is 6.64. The van der Waals surface area contributed by atoms with E-state index in [1.54, 1.807) is 0 Å². The molecule has 0 fully saturated rings. The zero-order chi connectivity index (χ0) is 11.7. The van der Waals surface area contributed by atoms with E-state index in [2.05, 4.69) is 69.4 Å². The third kappa shape index (κ3) is 2.43. The molecule has 0 amide bonds. The summed E-state index contributed by atoms with van der Waals surface area (Å²) in [4.78, 5) is 2.48. The van der Waals surface area contributed by atoms with Gasteiger partial charge in [0.15, 0.2) is 0 Å². The molecule has 1 aliphatic heterocycles. The number of hydrogen-bond acceptors (Lipinski definition) is 1. The Morgan fingerprint density at radius 1 is 0.941 bits per heavy atom. The van der Waals surface area contributed by atoms with Crippen LogP contribution in [0.1, 0.15) is 16.7 Å². The lowest BCUT2D eigenvalue weighted by Crippen LogP contribution is -2.15. The van der Waals surface area contributed by atoms with Crippen molar-refractivity contribution < 1.29 is 0 Å². The Morgan fingerprint density at radius 3 is 2.29 bits per heavy atom. The van der Waals surface area contributed by atoms with E-state index in [9.17, 15) is 0 Å². The summed E-state index contributed by atoms with van der Waals surface area (Å²) < 4.78 is 1.16. The van der Waals surface area contributed by atoms with E-state index < -0.39 is 0 Å². The summed E-state index contributed by atoms with van der Waals surface area (Å²) in [5.41, 5.74) is 4.32. The van der Waals surface area contributed by atoms with Gasteiger partial charge in [-0.05, 0) is 28.8 Å². The average molecular weight is 288 g/mol. The minimum Gasteiger partial charge on any atom is -0.291 e. The Labute approximate surface area is 110 Å². The first kappa shape index (κ1) is 11.0. The number of hydrogen-bond donors (Lipinski definition) is 0. The SMILES string of the molecule is Brc1cccc(CN2Cc3ccccc3C2)c1. The van der Waals surface area contributed by atoms with Crippen molar-refractivity contribution in [2.45, 2.75) is 19.6 Å². The van der Waals surface area contributed by atoms with E-state index in [0.29, 0.717) is 0 Å². The number of halogens is 1. The van der Waals surface area contributed by atoms with Crippen molar-refractivity contribution in [1.29, 1.82) is 0 Å². The molecule has 3 rings (SSSR count). The molecular weight excluding hydrogens is 274 g/mol. The average Bonchev–Trinajstić information content (AvgIpc) is 2.71. The minimum atomic E-state index is 1.02. The maximum atomic E-state index is 3.52. The highest BCUT2D eigenvalue weighted by molar-refractivity contribution is 9.10. The van der Waals surface area contributed by atoms with Crippen LogP contribution in [0, 0.1) is 0 Å². The molecule has 17 heavy (non-hydrogen) atoms. The zero-order valence-electron chi connectivity index (χ0n) is 9.57. The van der Waals surface area contributed by atoms with E-state index in [-0.39, 0.29) is 0 Å². The lowest BCUT2D eigenvalue weighted by atomic mass is 10.1. The van der Waals surface area contributed by atoms with Gasteiger partial charge in [0.25, 0.3) is 0 Å². The van der Waals surface area contributed by atoms with Gasteiger partial charge < -0.3 is 0 Å². The van der Waals surface area contributed by atoms with Crippen molar-refractivity contribution in [1.82, 2.24) is 4.90 Å². The van der Waals surface area contributed by atoms with Gasteiger partial charge in [-0.2, -0.15) is 0 Å². The summed E-state index contributed by atoms with van der Waals surface area (Å²) >= 11 is 3.52. The molecule has 1 nitrogen and oxygen atoms in total. The van der Waals surface area contributed by atoms with Crippen LogP contribution in [0.25, 0.3) is 0 Å². The van der Waals surface area contributed by atoms with Crippen LogP contribution < -0.4 is 0 Å². The highest BCUT2D eigenvalue weighted by Gasteiger charge is 2.17. The van der Waals surface area contributed by atoms with E-state index in [1.165, 1.54) is 16.7 Å². The largest absolute Gasteiger partial charge is 0.291 e. The van der Waals surface area contributed by atoms with Crippen LogP contribution in [0.2, 0.25) is 0 Å². The predicted octanol–water partition coefficient (Wildman–Crippen LogP) is 3.96. The van der Waals surface area contributed by atoms with Crippen molar-refractivity contribution in [3.8, 4) is 0 Å². The van der Waals surface area contributed by atoms with Gasteiger partial charge in [-0.3, -0.25) is 4.90 Å². The third-order valence-electron chi connectivity index (χ3n) is 3.20. The molecule has 2 aromatic carbocycles. The quantitative estimate of drug-likeness (QED) is 0.808. The second-order valence-electron chi connectivity index (χ2n) is 4.54. The maximum Gasteiger partial charge on any atom is 0.0244 e. The Morgan fingerprint density at radius 2 is 1.65 bits per heavy atom. The molecule has 1 heterocycles. The lowest BCUT2D eigenvalue weighted by molar-refractivity contribution is 0.275. The molecule has 0 unspecified atom stereocenters. The number of benzene rings is 2. The van der Waals surface area contributed by atoms with Crippen LogP contribution >= 0.6 is 15.9 Å². The fourth-order valence-corrected chi connectivity index (χ4v) is 2.86. The fraction of sp³-hybridized carbons (Fsp3) is 0.200. The van der Waals surface area contributed by atoms with Crippen LogP contribution in [0.15, 0.2) is 53.0 Å². The summed E-state index contributed by atoms with van der Waals surface area (Å²) in [6, 6.07) is 17.3. The molecule has 0 saturated heterocycles. The van der Waals surface area contributed by atoms with Gasteiger partial charge in [0.2, 0.25) is 0 Å². The summed E-state index contributed by atoms with van der Waals surface area (Å²) in [6.45, 7) is 3.17. The summed E-state index contributed by atoms with van der Waals surface area (Å²) in [5.74, 6) is 0. The van der Waals surface area contributed by atoms with Crippen molar-refractivity contribution in [3.63, 3.8) is 0 Å². The van der Waals surface area contributed by atoms with Crippen LogP contribution in [0.5, 0.6) is 0 Å². The van der Waals surface area contributed by atoms with Gasteiger partial charge in [-0.15, -0.1) is 0 Å². The fourth-order valence-electron chi connectivity index (χ4n) is 2.41. The zero-order valence-corrected chi connectivity index (χ0v) is 11.2. The van der Waals surface area contributed by atoms with Gasteiger partial charge in [0.1, 0.15) is 0 Å². The Kier molecular flexibility index (Phi) is 3.00. The molecule has 0 saturated carbocycles. The molecule has 0 atom stereocenters. The van der Waals surface area contributed by atoms with Crippen LogP contribution in [0.4, 0.5) is 0 Å². The smallest absolute Gasteiger partial charge is 0.0244 e. The summed E-state index contributed by atoms with van der Waals surface area (Å²) in [5, 5.41) is 0. The van der Waals surface area contributed by atoms with E-state index in [0.717, 1.165) is 24.1 Å². The molecule has 1 aliphatic rings. The molecule has 0 radical (unpaired) electrons. The predicted molar refractivity (Wildman–Crippen MR) is 73.5 cm³/mol. The first-order chi connectivity index (χ1) is 8.31. The van der Waals surface area contributed by atoms with Gasteiger partial charge in [-0.25, -0.2) is 0 Å². The second kappa shape index (κ2) is 4.63. The summed E-state index contributed by atoms with van der Waals surface area (Å²) in [7, 11) is 0. The van der Waals surface area contributed by atoms with Crippen molar-refractivity contribution in [2.75, 3.05) is 0 Å². The van der Waals surface area contributed by atoms with E-state index in [4.69, 9.17) is 0 Å². The Bertz CT molecular complexity index is 511. The third-order valence-corrected chi connectivity index (χ3v) is 3.69. The Balaban J connectivity index is 1.74. The van der Waals surface area contributed by atoms with Crippen molar-refractivity contribution in [3.05, 3.63) is 69.7 Å². The number of rotatable bonds is 2. The maximum absolute atomic E-state index is 3.52. The highest BCUT2D eigenvalue weighted by Crippen LogP contribution is 2.24. The first-order valence-electron chi connectivity index (χ1n) is 5.85. The van der Waals surface area contributed by atoms with Crippen LogP contribution in [0.3, 0.4) is 0 Å². The molecule has 2 heteroatoms. The monoisotopic (exact) mass is 287 g/mol. The Hall–Kier alpha value is -1.12. The van der Waals surface area contributed by atoms with Gasteiger partial charge in [0.05, 0.1) is 0 Å². The molecule has 86 valence electrons. The molecule has 0 N–H and O–H groups in total. The van der Waals surface area contributed by atoms with Crippen LogP contribution in [-0.2, 0) is 19.6 Å². The van der Waals surface area contributed by atoms with Gasteiger partial charge >= 0.3 is 0 Å². The lowest BCUT2D eigenvalue weighted by Gasteiger charge is -2.14. The van der Waals surface area contributed by atoms with Gasteiger partial charge in [0, 0.05) is 24.1 Å². The van der Waals surface area contributed by atoms with E-state index in [1.807, 2.05) is 0 Å². The number of fused-ring (bicyclic) bond motifs is 1. The van der Waals surface area contributed by atoms with Gasteiger partial charge in [-0.1, -0.05) is 52.3 Å². The molecule has 0 aromatic heterocycles. The normalized spacial score (nSPS) is 14.9. The molecule has 0 spiro atoms. The standard InChI is InChI=1S/C15H14BrN/c16-15-7-3-4-12(8-15)9-17-10-13-5-1-2-6-14(13)11-17/h1-8H,9-11H2. The summed E-state index contributed by atoms with van der Waals surface area (Å²) in [6.07, 6.45) is 0. The molecule has 0 aliphatic carbocycles. The molecule has 2 aromatic rings. The highest BCUT2D eigenvalue weighted by atomic mass is 79.9. The topological polar surface area (TPSA) is 3.24 Å². The minimum absolute atomic E-state index is 1.02. The van der Waals surface area contributed by atoms with Crippen molar-refractivity contribution >= 4 is 15.9 Å². The second-order valence-corrected chi connectivity index (χ2v) is 5.46. The molecule has 0 bridgehead atoms. The van der Waals surface area contributed by atoms with E-state index >= 15 is 0 Å². The molecular formula is C15H14BrN. The number of nitrogens with zero attached hydrogens (tertiary/aromatic N) is 1. The van der Waals surface area contributed by atoms with Crippen molar-refractivity contribution in [2.24, 2.45) is 0 Å². The van der Waals surface area contributed by atoms with Crippen LogP contribution in [-0.4, -0.2) is 4.90 Å².